The molecule has 7 heteroatoms. The van der Waals surface area contributed by atoms with Gasteiger partial charge in [-0.15, -0.1) is 0 Å². The van der Waals surface area contributed by atoms with E-state index in [1.54, 1.807) is 48.5 Å². The number of amides is 2. The summed E-state index contributed by atoms with van der Waals surface area (Å²) in [6, 6.07) is 12.4. The molecule has 6 nitrogen and oxygen atoms in total. The Labute approximate surface area is 144 Å². The summed E-state index contributed by atoms with van der Waals surface area (Å²) in [5.74, 6) is -0.717. The fraction of sp³-hybridized carbons (Fsp3) is 0.176. The number of urea groups is 1. The molecule has 0 heterocycles. The Morgan fingerprint density at radius 2 is 1.75 bits per heavy atom. The minimum atomic E-state index is -1.36. The lowest BCUT2D eigenvalue weighted by Gasteiger charge is -2.23. The number of nitrogens with zero attached hydrogens (tertiary/aromatic N) is 1. The number of aliphatic carboxylic acids is 1. The smallest absolute Gasteiger partial charge is 0.347 e. The predicted octanol–water partition coefficient (Wildman–Crippen LogP) is 3.80. The molecule has 3 N–H and O–H groups in total. The summed E-state index contributed by atoms with van der Waals surface area (Å²) in [6.07, 6.45) is 0. The van der Waals surface area contributed by atoms with Crippen LogP contribution < -0.4 is 15.4 Å². The van der Waals surface area contributed by atoms with Gasteiger partial charge in [0, 0.05) is 5.02 Å². The molecule has 0 aliphatic rings. The Kier molecular flexibility index (Phi) is 4.99. The fourth-order valence-corrected chi connectivity index (χ4v) is 2.20. The number of benzene rings is 2. The molecule has 126 valence electrons. The van der Waals surface area contributed by atoms with E-state index in [0.29, 0.717) is 22.1 Å². The second kappa shape index (κ2) is 6.80. The van der Waals surface area contributed by atoms with Crippen LogP contribution in [0.4, 0.5) is 16.2 Å². The maximum absolute atomic E-state index is 11.8. The Bertz CT molecular complexity index is 759. The third kappa shape index (κ3) is 3.97. The van der Waals surface area contributed by atoms with Crippen LogP contribution in [0, 0.1) is 0 Å². The number of hydrogen-bond acceptors (Lipinski definition) is 3. The molecule has 2 aromatic carbocycles. The van der Waals surface area contributed by atoms with Crippen LogP contribution in [0.3, 0.4) is 0 Å². The Morgan fingerprint density at radius 1 is 1.12 bits per heavy atom. The zero-order valence-corrected chi connectivity index (χ0v) is 13.9. The van der Waals surface area contributed by atoms with Gasteiger partial charge in [0.25, 0.3) is 0 Å². The van der Waals surface area contributed by atoms with E-state index in [2.05, 4.69) is 0 Å². The molecule has 0 saturated carbocycles. The monoisotopic (exact) mass is 348 g/mol. The van der Waals surface area contributed by atoms with E-state index < -0.39 is 17.6 Å². The molecule has 2 rings (SSSR count). The highest BCUT2D eigenvalue weighted by Crippen LogP contribution is 2.29. The van der Waals surface area contributed by atoms with Crippen molar-refractivity contribution < 1.29 is 19.4 Å². The molecule has 24 heavy (non-hydrogen) atoms. The molecule has 0 aromatic heterocycles. The van der Waals surface area contributed by atoms with E-state index >= 15 is 0 Å². The number of nitrogens with two attached hydrogens (primary N) is 1. The first-order chi connectivity index (χ1) is 11.2. The average molecular weight is 349 g/mol. The molecule has 2 amide bonds. The number of carboxylic acids is 1. The van der Waals surface area contributed by atoms with Gasteiger partial charge in [-0.05, 0) is 56.3 Å². The Balaban J connectivity index is 2.30. The maximum Gasteiger partial charge on any atom is 0.347 e. The Morgan fingerprint density at radius 3 is 2.25 bits per heavy atom. The van der Waals surface area contributed by atoms with Crippen molar-refractivity contribution in [3.8, 4) is 5.75 Å². The van der Waals surface area contributed by atoms with Gasteiger partial charge in [0.2, 0.25) is 0 Å². The van der Waals surface area contributed by atoms with Crippen LogP contribution in [0.2, 0.25) is 5.02 Å². The van der Waals surface area contributed by atoms with Crippen LogP contribution in [0.15, 0.2) is 48.5 Å². The molecule has 0 spiro atoms. The second-order valence-corrected chi connectivity index (χ2v) is 6.00. The number of ether oxygens (including phenoxy) is 1. The van der Waals surface area contributed by atoms with E-state index in [0.717, 1.165) is 0 Å². The number of hydrogen-bond donors (Lipinski definition) is 2. The van der Waals surface area contributed by atoms with E-state index in [9.17, 15) is 9.59 Å². The standard InChI is InChI=1S/C17H17ClN2O4/c1-17(2,15(21)22)24-14-8-6-12(7-9-14)20(16(19)23)13-5-3-4-11(18)10-13/h3-10H,1-2H3,(H2,19,23)(H,21,22). The summed E-state index contributed by atoms with van der Waals surface area (Å²) in [5, 5.41) is 9.56. The third-order valence-corrected chi connectivity index (χ3v) is 3.50. The van der Waals surface area contributed by atoms with E-state index in [4.69, 9.17) is 27.2 Å². The van der Waals surface area contributed by atoms with Crippen LogP contribution in [-0.2, 0) is 4.79 Å². The van der Waals surface area contributed by atoms with Gasteiger partial charge in [0.1, 0.15) is 5.75 Å². The molecule has 0 bridgehead atoms. The quantitative estimate of drug-likeness (QED) is 0.859. The zero-order chi connectivity index (χ0) is 17.9. The largest absolute Gasteiger partial charge is 0.478 e. The van der Waals surface area contributed by atoms with Crippen molar-refractivity contribution in [1.82, 2.24) is 0 Å². The molecule has 0 aliphatic carbocycles. The van der Waals surface area contributed by atoms with Gasteiger partial charge < -0.3 is 15.6 Å². The molecule has 2 aromatic rings. The molecule has 0 atom stereocenters. The lowest BCUT2D eigenvalue weighted by atomic mass is 10.1. The fourth-order valence-electron chi connectivity index (χ4n) is 2.02. The highest BCUT2D eigenvalue weighted by Gasteiger charge is 2.29. The van der Waals surface area contributed by atoms with Crippen molar-refractivity contribution in [3.05, 3.63) is 53.6 Å². The van der Waals surface area contributed by atoms with Crippen LogP contribution >= 0.6 is 11.6 Å². The number of halogens is 1. The van der Waals surface area contributed by atoms with Crippen molar-refractivity contribution in [2.24, 2.45) is 5.73 Å². The van der Waals surface area contributed by atoms with Crippen molar-refractivity contribution in [3.63, 3.8) is 0 Å². The summed E-state index contributed by atoms with van der Waals surface area (Å²) in [4.78, 5) is 24.2. The first kappa shape index (κ1) is 17.6. The van der Waals surface area contributed by atoms with Crippen LogP contribution in [0.1, 0.15) is 13.8 Å². The van der Waals surface area contributed by atoms with Gasteiger partial charge in [0.15, 0.2) is 5.60 Å². The minimum Gasteiger partial charge on any atom is -0.478 e. The minimum absolute atomic E-state index is 0.363. The number of carboxylic acid groups (broad SMARTS) is 1. The lowest BCUT2D eigenvalue weighted by Crippen LogP contribution is -2.37. The SMILES string of the molecule is CC(C)(Oc1ccc(N(C(N)=O)c2cccc(Cl)c2)cc1)C(=O)O. The summed E-state index contributed by atoms with van der Waals surface area (Å²) in [5.41, 5.74) is 5.13. The molecule has 0 unspecified atom stereocenters. The molecular weight excluding hydrogens is 332 g/mol. The first-order valence-electron chi connectivity index (χ1n) is 7.08. The van der Waals surface area contributed by atoms with Crippen LogP contribution in [0.25, 0.3) is 0 Å². The summed E-state index contributed by atoms with van der Waals surface area (Å²) in [7, 11) is 0. The molecule has 0 aliphatic heterocycles. The van der Waals surface area contributed by atoms with E-state index in [-0.39, 0.29) is 0 Å². The van der Waals surface area contributed by atoms with Crippen molar-refractivity contribution in [2.75, 3.05) is 4.90 Å². The van der Waals surface area contributed by atoms with E-state index in [1.807, 2.05) is 0 Å². The maximum atomic E-state index is 11.8. The summed E-state index contributed by atoms with van der Waals surface area (Å²) in [6.45, 7) is 2.90. The molecule has 0 radical (unpaired) electrons. The second-order valence-electron chi connectivity index (χ2n) is 5.56. The number of primary amides is 1. The molecular formula is C17H17ClN2O4. The van der Waals surface area contributed by atoms with Crippen molar-refractivity contribution in [2.45, 2.75) is 19.4 Å². The van der Waals surface area contributed by atoms with E-state index in [1.165, 1.54) is 18.7 Å². The summed E-state index contributed by atoms with van der Waals surface area (Å²) < 4.78 is 5.43. The van der Waals surface area contributed by atoms with Gasteiger partial charge in [-0.3, -0.25) is 4.90 Å². The van der Waals surface area contributed by atoms with Crippen molar-refractivity contribution >= 4 is 35.0 Å². The van der Waals surface area contributed by atoms with Crippen LogP contribution in [0.5, 0.6) is 5.75 Å². The van der Waals surface area contributed by atoms with Crippen molar-refractivity contribution in [1.29, 1.82) is 0 Å². The normalized spacial score (nSPS) is 11.0. The van der Waals surface area contributed by atoms with Gasteiger partial charge >= 0.3 is 12.0 Å². The Hall–Kier alpha value is -2.73. The first-order valence-corrected chi connectivity index (χ1v) is 7.46. The summed E-state index contributed by atoms with van der Waals surface area (Å²) >= 11 is 5.95. The lowest BCUT2D eigenvalue weighted by molar-refractivity contribution is -0.152. The average Bonchev–Trinajstić information content (AvgIpc) is 2.48. The number of rotatable bonds is 5. The van der Waals surface area contributed by atoms with Gasteiger partial charge in [0.05, 0.1) is 11.4 Å². The predicted molar refractivity (Wildman–Crippen MR) is 92.0 cm³/mol. The number of carbonyl (C=O) groups excluding carboxylic acids is 1. The van der Waals surface area contributed by atoms with Gasteiger partial charge in [-0.2, -0.15) is 0 Å². The topological polar surface area (TPSA) is 92.9 Å². The number of anilines is 2. The highest BCUT2D eigenvalue weighted by molar-refractivity contribution is 6.31. The highest BCUT2D eigenvalue weighted by atomic mass is 35.5. The van der Waals surface area contributed by atoms with Crippen LogP contribution in [-0.4, -0.2) is 22.7 Å². The molecule has 0 saturated heterocycles. The van der Waals surface area contributed by atoms with Gasteiger partial charge in [-0.25, -0.2) is 9.59 Å². The third-order valence-electron chi connectivity index (χ3n) is 3.27. The number of carbonyl (C=O) groups is 2. The molecule has 0 fully saturated rings. The van der Waals surface area contributed by atoms with Gasteiger partial charge in [-0.1, -0.05) is 17.7 Å². The zero-order valence-electron chi connectivity index (χ0n) is 13.2.